The molecule has 0 aromatic heterocycles. The molecule has 1 aromatic rings. The molecule has 4 N–H and O–H groups in total. The molecular weight excluding hydrogens is 216 g/mol. The van der Waals surface area contributed by atoms with Gasteiger partial charge in [0.05, 0.1) is 17.6 Å². The number of anilines is 1. The number of aliphatic hydroxyl groups is 2. The lowest BCUT2D eigenvalue weighted by molar-refractivity contribution is -0.384. The first-order valence-electron chi connectivity index (χ1n) is 4.55. The maximum atomic E-state index is 10.6. The SMILES string of the molecule is O=[N+]([O-])c1cccc(O)c1NCC(O)CO. The summed E-state index contributed by atoms with van der Waals surface area (Å²) in [6, 6.07) is 3.87. The molecule has 16 heavy (non-hydrogen) atoms. The minimum atomic E-state index is -1.04. The van der Waals surface area contributed by atoms with Crippen molar-refractivity contribution in [2.24, 2.45) is 0 Å². The lowest BCUT2D eigenvalue weighted by Gasteiger charge is -2.11. The zero-order valence-electron chi connectivity index (χ0n) is 8.33. The van der Waals surface area contributed by atoms with Gasteiger partial charge in [-0.15, -0.1) is 0 Å². The number of phenolic OH excluding ortho intramolecular Hbond substituents is 1. The van der Waals surface area contributed by atoms with E-state index >= 15 is 0 Å². The van der Waals surface area contributed by atoms with Gasteiger partial charge >= 0.3 is 0 Å². The van der Waals surface area contributed by atoms with Crippen molar-refractivity contribution in [2.45, 2.75) is 6.10 Å². The molecule has 0 heterocycles. The van der Waals surface area contributed by atoms with E-state index in [1.807, 2.05) is 0 Å². The molecule has 0 saturated carbocycles. The van der Waals surface area contributed by atoms with E-state index in [2.05, 4.69) is 5.32 Å². The Balaban J connectivity index is 2.88. The van der Waals surface area contributed by atoms with Crippen LogP contribution in [0.15, 0.2) is 18.2 Å². The third-order valence-corrected chi connectivity index (χ3v) is 1.94. The molecule has 1 atom stereocenters. The van der Waals surface area contributed by atoms with E-state index in [9.17, 15) is 15.2 Å². The second-order valence-electron chi connectivity index (χ2n) is 3.15. The van der Waals surface area contributed by atoms with Crippen LogP contribution < -0.4 is 5.32 Å². The summed E-state index contributed by atoms with van der Waals surface area (Å²) in [4.78, 5) is 9.99. The normalized spacial score (nSPS) is 12.1. The van der Waals surface area contributed by atoms with Gasteiger partial charge in [-0.2, -0.15) is 0 Å². The molecule has 1 unspecified atom stereocenters. The first-order valence-corrected chi connectivity index (χ1v) is 4.55. The summed E-state index contributed by atoms with van der Waals surface area (Å²) in [6.07, 6.45) is -1.04. The Bertz CT molecular complexity index is 382. The van der Waals surface area contributed by atoms with Crippen molar-refractivity contribution in [3.05, 3.63) is 28.3 Å². The molecule has 1 rings (SSSR count). The molecule has 0 bridgehead atoms. The van der Waals surface area contributed by atoms with Crippen molar-refractivity contribution in [2.75, 3.05) is 18.5 Å². The number of benzene rings is 1. The number of aromatic hydroxyl groups is 1. The summed E-state index contributed by atoms with van der Waals surface area (Å²) in [7, 11) is 0. The van der Waals surface area contributed by atoms with Crippen LogP contribution in [0.4, 0.5) is 11.4 Å². The minimum absolute atomic E-state index is 0.0694. The molecular formula is C9H12N2O5. The molecule has 0 aliphatic heterocycles. The number of hydrogen-bond donors (Lipinski definition) is 4. The highest BCUT2D eigenvalue weighted by atomic mass is 16.6. The highest BCUT2D eigenvalue weighted by Gasteiger charge is 2.17. The zero-order chi connectivity index (χ0) is 12.1. The number of nitro groups is 1. The number of aliphatic hydroxyl groups excluding tert-OH is 2. The van der Waals surface area contributed by atoms with Crippen LogP contribution in [0.1, 0.15) is 0 Å². The number of nitrogens with one attached hydrogen (secondary N) is 1. The quantitative estimate of drug-likeness (QED) is 0.322. The van der Waals surface area contributed by atoms with E-state index in [0.29, 0.717) is 0 Å². The van der Waals surface area contributed by atoms with Gasteiger partial charge in [0.15, 0.2) is 5.69 Å². The number of rotatable bonds is 5. The summed E-state index contributed by atoms with van der Waals surface area (Å²) in [5.74, 6) is -0.278. The Labute approximate surface area is 91.1 Å². The van der Waals surface area contributed by atoms with Crippen molar-refractivity contribution in [1.82, 2.24) is 0 Å². The van der Waals surface area contributed by atoms with Crippen molar-refractivity contribution < 1.29 is 20.2 Å². The van der Waals surface area contributed by atoms with Crippen molar-refractivity contribution in [3.63, 3.8) is 0 Å². The monoisotopic (exact) mass is 228 g/mol. The van der Waals surface area contributed by atoms with Gasteiger partial charge < -0.3 is 20.6 Å². The van der Waals surface area contributed by atoms with Gasteiger partial charge in [0.25, 0.3) is 5.69 Å². The van der Waals surface area contributed by atoms with Crippen LogP contribution in [0.2, 0.25) is 0 Å². The highest BCUT2D eigenvalue weighted by Crippen LogP contribution is 2.32. The van der Waals surface area contributed by atoms with Crippen LogP contribution in [-0.4, -0.2) is 39.5 Å². The Hall–Kier alpha value is -1.86. The Morgan fingerprint density at radius 1 is 1.50 bits per heavy atom. The third-order valence-electron chi connectivity index (χ3n) is 1.94. The summed E-state index contributed by atoms with van der Waals surface area (Å²) >= 11 is 0. The fraction of sp³-hybridized carbons (Fsp3) is 0.333. The maximum absolute atomic E-state index is 10.6. The Morgan fingerprint density at radius 3 is 2.75 bits per heavy atom. The van der Waals surface area contributed by atoms with Gasteiger partial charge in [-0.05, 0) is 6.07 Å². The molecule has 0 amide bonds. The molecule has 7 heteroatoms. The van der Waals surface area contributed by atoms with Crippen LogP contribution in [-0.2, 0) is 0 Å². The molecule has 0 spiro atoms. The number of nitrogens with zero attached hydrogens (tertiary/aromatic N) is 1. The van der Waals surface area contributed by atoms with E-state index in [0.717, 1.165) is 0 Å². The van der Waals surface area contributed by atoms with E-state index in [4.69, 9.17) is 10.2 Å². The fourth-order valence-corrected chi connectivity index (χ4v) is 1.15. The molecule has 0 aliphatic carbocycles. The van der Waals surface area contributed by atoms with E-state index in [1.165, 1.54) is 18.2 Å². The number of nitro benzene ring substituents is 1. The lowest BCUT2D eigenvalue weighted by atomic mass is 10.2. The van der Waals surface area contributed by atoms with Crippen molar-refractivity contribution >= 4 is 11.4 Å². The summed E-state index contributed by atoms with van der Waals surface area (Å²) in [5.41, 5.74) is -0.356. The first-order chi connectivity index (χ1) is 7.56. The highest BCUT2D eigenvalue weighted by molar-refractivity contribution is 5.69. The Kier molecular flexibility index (Phi) is 4.03. The third kappa shape index (κ3) is 2.81. The molecule has 0 radical (unpaired) electrons. The van der Waals surface area contributed by atoms with Crippen LogP contribution >= 0.6 is 0 Å². The topological polar surface area (TPSA) is 116 Å². The van der Waals surface area contributed by atoms with Gasteiger partial charge in [0.2, 0.25) is 0 Å². The van der Waals surface area contributed by atoms with E-state index in [1.54, 1.807) is 0 Å². The van der Waals surface area contributed by atoms with E-state index in [-0.39, 0.29) is 23.7 Å². The standard InChI is InChI=1S/C9H12N2O5/c12-5-6(13)4-10-9-7(11(15)16)2-1-3-8(9)14/h1-3,6,10,12-14H,4-5H2. The predicted molar refractivity (Wildman–Crippen MR) is 56.3 cm³/mol. The van der Waals surface area contributed by atoms with Crippen LogP contribution in [0.25, 0.3) is 0 Å². The zero-order valence-corrected chi connectivity index (χ0v) is 8.33. The van der Waals surface area contributed by atoms with E-state index < -0.39 is 17.6 Å². The molecule has 0 fully saturated rings. The second-order valence-corrected chi connectivity index (χ2v) is 3.15. The minimum Gasteiger partial charge on any atom is -0.506 e. The average molecular weight is 228 g/mol. The van der Waals surface area contributed by atoms with Gasteiger partial charge in [-0.1, -0.05) is 6.07 Å². The summed E-state index contributed by atoms with van der Waals surface area (Å²) in [5, 5.41) is 40.2. The second kappa shape index (κ2) is 5.29. The van der Waals surface area contributed by atoms with Gasteiger partial charge in [-0.3, -0.25) is 10.1 Å². The smallest absolute Gasteiger partial charge is 0.296 e. The lowest BCUT2D eigenvalue weighted by Crippen LogP contribution is -2.23. The summed E-state index contributed by atoms with van der Waals surface area (Å²) in [6.45, 7) is -0.552. The van der Waals surface area contributed by atoms with Gasteiger partial charge in [0.1, 0.15) is 5.75 Å². The van der Waals surface area contributed by atoms with Gasteiger partial charge in [-0.25, -0.2) is 0 Å². The van der Waals surface area contributed by atoms with Crippen LogP contribution in [0.3, 0.4) is 0 Å². The van der Waals surface area contributed by atoms with Crippen LogP contribution in [0.5, 0.6) is 5.75 Å². The predicted octanol–water partition coefficient (Wildman–Crippen LogP) is 0.0655. The number of hydrogen-bond acceptors (Lipinski definition) is 6. The van der Waals surface area contributed by atoms with Crippen LogP contribution in [0, 0.1) is 10.1 Å². The maximum Gasteiger partial charge on any atom is 0.296 e. The molecule has 1 aromatic carbocycles. The number of phenols is 1. The van der Waals surface area contributed by atoms with Crippen molar-refractivity contribution in [3.8, 4) is 5.75 Å². The molecule has 7 nitrogen and oxygen atoms in total. The van der Waals surface area contributed by atoms with Gasteiger partial charge in [0, 0.05) is 12.6 Å². The fourth-order valence-electron chi connectivity index (χ4n) is 1.15. The Morgan fingerprint density at radius 2 is 2.19 bits per heavy atom. The largest absolute Gasteiger partial charge is 0.506 e. The molecule has 88 valence electrons. The molecule has 0 saturated heterocycles. The number of para-hydroxylation sites is 1. The summed E-state index contributed by atoms with van der Waals surface area (Å²) < 4.78 is 0. The first kappa shape index (κ1) is 12.2. The average Bonchev–Trinajstić information content (AvgIpc) is 2.26. The molecule has 0 aliphatic rings. The van der Waals surface area contributed by atoms with Crippen molar-refractivity contribution in [1.29, 1.82) is 0 Å².